The lowest BCUT2D eigenvalue weighted by Crippen LogP contribution is -2.22. The molecule has 4 nitrogen and oxygen atoms in total. The number of hydrazine groups is 1. The summed E-state index contributed by atoms with van der Waals surface area (Å²) >= 11 is 0. The topological polar surface area (TPSA) is 44.4 Å². The third-order valence-electron chi connectivity index (χ3n) is 2.91. The lowest BCUT2D eigenvalue weighted by atomic mass is 10.1. The summed E-state index contributed by atoms with van der Waals surface area (Å²) in [5.74, 6) is 0.0203. The second kappa shape index (κ2) is 6.73. The van der Waals surface area contributed by atoms with Gasteiger partial charge in [0, 0.05) is 31.9 Å². The molecule has 0 saturated carbocycles. The van der Waals surface area contributed by atoms with Crippen molar-refractivity contribution < 1.29 is 4.79 Å². The van der Waals surface area contributed by atoms with Crippen LogP contribution in [0.5, 0.6) is 0 Å². The SMILES string of the molecule is CN(C)C(=O)c1ccc(CNNc2ccccc2)cc1. The summed E-state index contributed by atoms with van der Waals surface area (Å²) in [5.41, 5.74) is 9.11. The molecule has 2 aromatic rings. The number of hydrogen-bond acceptors (Lipinski definition) is 3. The third kappa shape index (κ3) is 3.83. The van der Waals surface area contributed by atoms with Gasteiger partial charge in [-0.25, -0.2) is 5.43 Å². The van der Waals surface area contributed by atoms with Crippen LogP contribution in [-0.2, 0) is 6.54 Å². The van der Waals surface area contributed by atoms with E-state index in [0.717, 1.165) is 11.3 Å². The van der Waals surface area contributed by atoms with Gasteiger partial charge in [-0.2, -0.15) is 0 Å². The second-order valence-electron chi connectivity index (χ2n) is 4.74. The number of para-hydroxylation sites is 1. The molecule has 104 valence electrons. The zero-order chi connectivity index (χ0) is 14.4. The number of carbonyl (C=O) groups is 1. The van der Waals surface area contributed by atoms with Crippen LogP contribution in [0.1, 0.15) is 15.9 Å². The molecule has 2 rings (SSSR count). The van der Waals surface area contributed by atoms with E-state index in [1.54, 1.807) is 19.0 Å². The summed E-state index contributed by atoms with van der Waals surface area (Å²) in [6.07, 6.45) is 0. The van der Waals surface area contributed by atoms with E-state index >= 15 is 0 Å². The number of nitrogens with one attached hydrogen (secondary N) is 2. The monoisotopic (exact) mass is 269 g/mol. The largest absolute Gasteiger partial charge is 0.345 e. The molecule has 0 saturated heterocycles. The summed E-state index contributed by atoms with van der Waals surface area (Å²) in [7, 11) is 3.50. The van der Waals surface area contributed by atoms with Crippen LogP contribution in [0.15, 0.2) is 54.6 Å². The van der Waals surface area contributed by atoms with Crippen molar-refractivity contribution in [3.05, 3.63) is 65.7 Å². The molecule has 0 radical (unpaired) electrons. The van der Waals surface area contributed by atoms with E-state index < -0.39 is 0 Å². The zero-order valence-electron chi connectivity index (χ0n) is 11.8. The average molecular weight is 269 g/mol. The Balaban J connectivity index is 1.87. The van der Waals surface area contributed by atoms with Crippen molar-refractivity contribution in [1.82, 2.24) is 10.3 Å². The molecular formula is C16H19N3O. The van der Waals surface area contributed by atoms with Crippen LogP contribution in [-0.4, -0.2) is 24.9 Å². The Bertz CT molecular complexity index is 550. The molecule has 0 atom stereocenters. The summed E-state index contributed by atoms with van der Waals surface area (Å²) in [4.78, 5) is 13.3. The Morgan fingerprint density at radius 1 is 1.00 bits per heavy atom. The minimum atomic E-state index is 0.0203. The first-order chi connectivity index (χ1) is 9.66. The van der Waals surface area contributed by atoms with Gasteiger partial charge in [0.05, 0.1) is 0 Å². The smallest absolute Gasteiger partial charge is 0.253 e. The lowest BCUT2D eigenvalue weighted by Gasteiger charge is -2.11. The highest BCUT2D eigenvalue weighted by molar-refractivity contribution is 5.93. The number of nitrogens with zero attached hydrogens (tertiary/aromatic N) is 1. The Morgan fingerprint density at radius 2 is 1.65 bits per heavy atom. The van der Waals surface area contributed by atoms with E-state index in [1.165, 1.54) is 0 Å². The molecular weight excluding hydrogens is 250 g/mol. The summed E-state index contributed by atoms with van der Waals surface area (Å²) in [5, 5.41) is 0. The second-order valence-corrected chi connectivity index (χ2v) is 4.74. The maximum Gasteiger partial charge on any atom is 0.253 e. The van der Waals surface area contributed by atoms with E-state index in [2.05, 4.69) is 10.9 Å². The first kappa shape index (κ1) is 14.1. The van der Waals surface area contributed by atoms with Gasteiger partial charge >= 0.3 is 0 Å². The maximum atomic E-state index is 11.8. The predicted molar refractivity (Wildman–Crippen MR) is 81.4 cm³/mol. The molecule has 2 N–H and O–H groups in total. The van der Waals surface area contributed by atoms with Gasteiger partial charge in [-0.15, -0.1) is 0 Å². The van der Waals surface area contributed by atoms with Crippen LogP contribution in [0.25, 0.3) is 0 Å². The van der Waals surface area contributed by atoms with Crippen LogP contribution in [0, 0.1) is 0 Å². The zero-order valence-corrected chi connectivity index (χ0v) is 11.8. The Morgan fingerprint density at radius 3 is 2.25 bits per heavy atom. The summed E-state index contributed by atoms with van der Waals surface area (Å²) < 4.78 is 0. The highest BCUT2D eigenvalue weighted by Gasteiger charge is 2.06. The molecule has 0 bridgehead atoms. The van der Waals surface area contributed by atoms with Crippen molar-refractivity contribution in [3.63, 3.8) is 0 Å². The van der Waals surface area contributed by atoms with Crippen LogP contribution >= 0.6 is 0 Å². The van der Waals surface area contributed by atoms with Gasteiger partial charge in [0.2, 0.25) is 0 Å². The van der Waals surface area contributed by atoms with Gasteiger partial charge in [0.15, 0.2) is 0 Å². The van der Waals surface area contributed by atoms with Gasteiger partial charge in [0.25, 0.3) is 5.91 Å². The average Bonchev–Trinajstić information content (AvgIpc) is 2.48. The number of carbonyl (C=O) groups excluding carboxylic acids is 1. The molecule has 0 aliphatic heterocycles. The van der Waals surface area contributed by atoms with E-state index in [1.807, 2.05) is 54.6 Å². The molecule has 0 aromatic heterocycles. The number of rotatable bonds is 5. The minimum Gasteiger partial charge on any atom is -0.345 e. The first-order valence-electron chi connectivity index (χ1n) is 6.51. The summed E-state index contributed by atoms with van der Waals surface area (Å²) in [6.45, 7) is 0.686. The van der Waals surface area contributed by atoms with E-state index in [0.29, 0.717) is 12.1 Å². The Kier molecular flexibility index (Phi) is 4.74. The Hall–Kier alpha value is -2.33. The quantitative estimate of drug-likeness (QED) is 0.820. The molecule has 0 aliphatic carbocycles. The molecule has 0 aliphatic rings. The van der Waals surface area contributed by atoms with Crippen LogP contribution < -0.4 is 10.9 Å². The van der Waals surface area contributed by atoms with Crippen LogP contribution in [0.2, 0.25) is 0 Å². The third-order valence-corrected chi connectivity index (χ3v) is 2.91. The number of amides is 1. The van der Waals surface area contributed by atoms with Crippen molar-refractivity contribution in [2.75, 3.05) is 19.5 Å². The minimum absolute atomic E-state index is 0.0203. The van der Waals surface area contributed by atoms with Crippen LogP contribution in [0.4, 0.5) is 5.69 Å². The van der Waals surface area contributed by atoms with Crippen molar-refractivity contribution in [2.45, 2.75) is 6.54 Å². The van der Waals surface area contributed by atoms with E-state index in [4.69, 9.17) is 0 Å². The fourth-order valence-electron chi connectivity index (χ4n) is 1.79. The van der Waals surface area contributed by atoms with Gasteiger partial charge in [-0.05, 0) is 29.8 Å². The molecule has 0 spiro atoms. The highest BCUT2D eigenvalue weighted by atomic mass is 16.2. The highest BCUT2D eigenvalue weighted by Crippen LogP contribution is 2.07. The van der Waals surface area contributed by atoms with Gasteiger partial charge in [0.1, 0.15) is 0 Å². The first-order valence-corrected chi connectivity index (χ1v) is 6.51. The van der Waals surface area contributed by atoms with Crippen molar-refractivity contribution >= 4 is 11.6 Å². The standard InChI is InChI=1S/C16H19N3O/c1-19(2)16(20)14-10-8-13(9-11-14)12-17-18-15-6-4-3-5-7-15/h3-11,17-18H,12H2,1-2H3. The van der Waals surface area contributed by atoms with Gasteiger partial charge in [-0.1, -0.05) is 30.3 Å². The van der Waals surface area contributed by atoms with Crippen molar-refractivity contribution in [2.24, 2.45) is 0 Å². The maximum absolute atomic E-state index is 11.8. The normalized spacial score (nSPS) is 10.1. The van der Waals surface area contributed by atoms with E-state index in [9.17, 15) is 4.79 Å². The molecule has 4 heteroatoms. The van der Waals surface area contributed by atoms with Crippen LogP contribution in [0.3, 0.4) is 0 Å². The van der Waals surface area contributed by atoms with Gasteiger partial charge < -0.3 is 10.3 Å². The fraction of sp³-hybridized carbons (Fsp3) is 0.188. The molecule has 1 amide bonds. The van der Waals surface area contributed by atoms with Crippen molar-refractivity contribution in [1.29, 1.82) is 0 Å². The Labute approximate surface area is 119 Å². The number of hydrogen-bond donors (Lipinski definition) is 2. The number of benzene rings is 2. The van der Waals surface area contributed by atoms with Gasteiger partial charge in [-0.3, -0.25) is 4.79 Å². The number of anilines is 1. The molecule has 0 unspecified atom stereocenters. The molecule has 2 aromatic carbocycles. The molecule has 0 fully saturated rings. The lowest BCUT2D eigenvalue weighted by molar-refractivity contribution is 0.0827. The van der Waals surface area contributed by atoms with Crippen molar-refractivity contribution in [3.8, 4) is 0 Å². The molecule has 0 heterocycles. The fourth-order valence-corrected chi connectivity index (χ4v) is 1.79. The molecule has 20 heavy (non-hydrogen) atoms. The summed E-state index contributed by atoms with van der Waals surface area (Å²) in [6, 6.07) is 17.5. The van der Waals surface area contributed by atoms with E-state index in [-0.39, 0.29) is 5.91 Å². The predicted octanol–water partition coefficient (Wildman–Crippen LogP) is 2.51.